The zero-order valence-electron chi connectivity index (χ0n) is 13.8. The van der Waals surface area contributed by atoms with Crippen LogP contribution in [0, 0.1) is 12.7 Å². The molecule has 0 aromatic carbocycles. The molecule has 3 rings (SSSR count). The number of fused-ring (bicyclic) bond motifs is 1. The molecule has 0 radical (unpaired) electrons. The van der Waals surface area contributed by atoms with E-state index in [0.717, 1.165) is 17.6 Å². The zero-order valence-corrected chi connectivity index (χ0v) is 15.3. The second-order valence-electron chi connectivity index (χ2n) is 5.78. The highest BCUT2D eigenvalue weighted by Crippen LogP contribution is 2.37. The van der Waals surface area contributed by atoms with Crippen LogP contribution in [0.3, 0.4) is 0 Å². The highest BCUT2D eigenvalue weighted by Gasteiger charge is 2.40. The van der Waals surface area contributed by atoms with Crippen molar-refractivity contribution >= 4 is 34.2 Å². The lowest BCUT2D eigenvalue weighted by atomic mass is 10.0. The SMILES string of the molecule is Cc1ccnc([C@H](C)C(F)(F)F)c1-n1c(=O)nc(Cl)c2cc(F)c(Cl)nc21. The van der Waals surface area contributed by atoms with Crippen molar-refractivity contribution in [3.8, 4) is 5.69 Å². The molecule has 142 valence electrons. The maximum absolute atomic E-state index is 13.8. The van der Waals surface area contributed by atoms with E-state index in [0.29, 0.717) is 5.56 Å². The van der Waals surface area contributed by atoms with Gasteiger partial charge in [0.05, 0.1) is 22.7 Å². The van der Waals surface area contributed by atoms with Crippen LogP contribution in [0.15, 0.2) is 23.1 Å². The normalized spacial score (nSPS) is 13.2. The molecular formula is C16H10Cl2F4N4O. The quantitative estimate of drug-likeness (QED) is 0.345. The van der Waals surface area contributed by atoms with Crippen molar-refractivity contribution in [2.24, 2.45) is 0 Å². The van der Waals surface area contributed by atoms with Crippen LogP contribution < -0.4 is 5.69 Å². The van der Waals surface area contributed by atoms with Crippen molar-refractivity contribution in [1.29, 1.82) is 0 Å². The van der Waals surface area contributed by atoms with Crippen molar-refractivity contribution in [1.82, 2.24) is 19.5 Å². The largest absolute Gasteiger partial charge is 0.397 e. The van der Waals surface area contributed by atoms with Gasteiger partial charge in [0.15, 0.2) is 16.6 Å². The van der Waals surface area contributed by atoms with Crippen LogP contribution in [0.5, 0.6) is 0 Å². The summed E-state index contributed by atoms with van der Waals surface area (Å²) in [7, 11) is 0. The number of pyridine rings is 2. The molecule has 3 aromatic heterocycles. The van der Waals surface area contributed by atoms with Crippen LogP contribution in [-0.2, 0) is 0 Å². The predicted molar refractivity (Wildman–Crippen MR) is 92.1 cm³/mol. The fourth-order valence-electron chi connectivity index (χ4n) is 2.60. The van der Waals surface area contributed by atoms with E-state index in [1.165, 1.54) is 19.2 Å². The first-order valence-electron chi connectivity index (χ1n) is 7.49. The lowest BCUT2D eigenvalue weighted by Crippen LogP contribution is -2.28. The summed E-state index contributed by atoms with van der Waals surface area (Å²) in [6.45, 7) is 2.42. The summed E-state index contributed by atoms with van der Waals surface area (Å²) < 4.78 is 54.5. The molecular weight excluding hydrogens is 411 g/mol. The zero-order chi connectivity index (χ0) is 20.1. The van der Waals surface area contributed by atoms with Gasteiger partial charge in [0.25, 0.3) is 0 Å². The molecule has 3 heterocycles. The van der Waals surface area contributed by atoms with Crippen LogP contribution >= 0.6 is 23.2 Å². The standard InChI is InChI=1S/C16H10Cl2F4N4O/c1-6-3-4-23-10(7(2)16(20,21)22)11(6)26-14-8(12(17)25-15(26)27)5-9(19)13(18)24-14/h3-5,7H,1-2H3/t7-/m0/s1. The Morgan fingerprint density at radius 2 is 1.85 bits per heavy atom. The van der Waals surface area contributed by atoms with E-state index < -0.39 is 34.4 Å². The van der Waals surface area contributed by atoms with Gasteiger partial charge in [0, 0.05) is 6.20 Å². The number of nitrogens with zero attached hydrogens (tertiary/aromatic N) is 4. The monoisotopic (exact) mass is 420 g/mol. The van der Waals surface area contributed by atoms with Gasteiger partial charge in [0.1, 0.15) is 5.15 Å². The van der Waals surface area contributed by atoms with Gasteiger partial charge >= 0.3 is 11.9 Å². The van der Waals surface area contributed by atoms with Gasteiger partial charge in [-0.05, 0) is 31.5 Å². The Morgan fingerprint density at radius 3 is 2.48 bits per heavy atom. The average Bonchev–Trinajstić information content (AvgIpc) is 2.56. The van der Waals surface area contributed by atoms with E-state index in [2.05, 4.69) is 15.0 Å². The van der Waals surface area contributed by atoms with Gasteiger partial charge in [-0.2, -0.15) is 18.2 Å². The predicted octanol–water partition coefficient (Wildman–Crippen LogP) is 4.60. The Hall–Kier alpha value is -2.26. The summed E-state index contributed by atoms with van der Waals surface area (Å²) in [6, 6.07) is 2.34. The molecule has 0 spiro atoms. The Morgan fingerprint density at radius 1 is 1.19 bits per heavy atom. The maximum Gasteiger partial charge on any atom is 0.397 e. The molecule has 11 heteroatoms. The third kappa shape index (κ3) is 3.37. The first kappa shape index (κ1) is 19.5. The summed E-state index contributed by atoms with van der Waals surface area (Å²) in [4.78, 5) is 23.7. The van der Waals surface area contributed by atoms with Crippen LogP contribution in [-0.4, -0.2) is 25.7 Å². The Bertz CT molecular complexity index is 1110. The van der Waals surface area contributed by atoms with E-state index in [4.69, 9.17) is 23.2 Å². The second kappa shape index (κ2) is 6.72. The van der Waals surface area contributed by atoms with Gasteiger partial charge in [-0.1, -0.05) is 23.2 Å². The second-order valence-corrected chi connectivity index (χ2v) is 6.49. The van der Waals surface area contributed by atoms with E-state index >= 15 is 0 Å². The molecule has 5 nitrogen and oxygen atoms in total. The summed E-state index contributed by atoms with van der Waals surface area (Å²) in [5.41, 5.74) is -1.47. The molecule has 27 heavy (non-hydrogen) atoms. The summed E-state index contributed by atoms with van der Waals surface area (Å²) in [5.74, 6) is -2.90. The number of aryl methyl sites for hydroxylation is 1. The lowest BCUT2D eigenvalue weighted by molar-refractivity contribution is -0.147. The van der Waals surface area contributed by atoms with Crippen molar-refractivity contribution in [2.45, 2.75) is 25.9 Å². The highest BCUT2D eigenvalue weighted by atomic mass is 35.5. The number of hydrogen-bond acceptors (Lipinski definition) is 4. The molecule has 0 amide bonds. The fraction of sp³-hybridized carbons (Fsp3) is 0.250. The van der Waals surface area contributed by atoms with Crippen molar-refractivity contribution in [3.63, 3.8) is 0 Å². The Kier molecular flexibility index (Phi) is 4.85. The van der Waals surface area contributed by atoms with Crippen LogP contribution in [0.1, 0.15) is 24.1 Å². The van der Waals surface area contributed by atoms with Crippen LogP contribution in [0.4, 0.5) is 17.6 Å². The molecule has 1 atom stereocenters. The molecule has 0 unspecified atom stereocenters. The van der Waals surface area contributed by atoms with Gasteiger partial charge < -0.3 is 0 Å². The van der Waals surface area contributed by atoms with Gasteiger partial charge in [-0.15, -0.1) is 0 Å². The first-order chi connectivity index (χ1) is 12.5. The molecule has 0 N–H and O–H groups in total. The molecule has 0 fully saturated rings. The maximum atomic E-state index is 13.8. The van der Waals surface area contributed by atoms with E-state index in [9.17, 15) is 22.4 Å². The number of aromatic nitrogens is 4. The average molecular weight is 421 g/mol. The number of halogens is 6. The van der Waals surface area contributed by atoms with Crippen LogP contribution in [0.25, 0.3) is 16.7 Å². The Balaban J connectivity index is 2.48. The number of hydrogen-bond donors (Lipinski definition) is 0. The van der Waals surface area contributed by atoms with Gasteiger partial charge in [0.2, 0.25) is 0 Å². The lowest BCUT2D eigenvalue weighted by Gasteiger charge is -2.21. The van der Waals surface area contributed by atoms with E-state index in [1.54, 1.807) is 0 Å². The minimum Gasteiger partial charge on any atom is -0.258 e. The molecule has 0 bridgehead atoms. The number of rotatable bonds is 2. The molecule has 0 aliphatic rings. The molecule has 0 saturated carbocycles. The Labute approximate surface area is 159 Å². The summed E-state index contributed by atoms with van der Waals surface area (Å²) >= 11 is 11.6. The first-order valence-corrected chi connectivity index (χ1v) is 8.25. The molecule has 0 aliphatic heterocycles. The van der Waals surface area contributed by atoms with Gasteiger partial charge in [-0.25, -0.2) is 18.7 Å². The third-order valence-corrected chi connectivity index (χ3v) is 4.56. The fourth-order valence-corrected chi connectivity index (χ4v) is 2.95. The molecule has 0 aliphatic carbocycles. The summed E-state index contributed by atoms with van der Waals surface area (Å²) in [6.07, 6.45) is -3.40. The number of alkyl halides is 3. The van der Waals surface area contributed by atoms with E-state index in [1.807, 2.05) is 0 Å². The van der Waals surface area contributed by atoms with Gasteiger partial charge in [-0.3, -0.25) is 4.98 Å². The van der Waals surface area contributed by atoms with Crippen molar-refractivity contribution in [3.05, 3.63) is 56.2 Å². The molecule has 0 saturated heterocycles. The van der Waals surface area contributed by atoms with Crippen LogP contribution in [0.2, 0.25) is 10.3 Å². The topological polar surface area (TPSA) is 60.7 Å². The third-order valence-electron chi connectivity index (χ3n) is 4.01. The minimum atomic E-state index is -4.61. The minimum absolute atomic E-state index is 0.0768. The highest BCUT2D eigenvalue weighted by molar-refractivity contribution is 6.34. The smallest absolute Gasteiger partial charge is 0.258 e. The van der Waals surface area contributed by atoms with Crippen molar-refractivity contribution in [2.75, 3.05) is 0 Å². The summed E-state index contributed by atoms with van der Waals surface area (Å²) in [5, 5.41) is -0.988. The van der Waals surface area contributed by atoms with Crippen molar-refractivity contribution < 1.29 is 17.6 Å². The van der Waals surface area contributed by atoms with E-state index in [-0.39, 0.29) is 21.9 Å². The molecule has 3 aromatic rings.